The number of rotatable bonds is 8. The number of nitrogens with one attached hydrogen (secondary N) is 1. The zero-order valence-corrected chi connectivity index (χ0v) is 23.4. The molecule has 9 nitrogen and oxygen atoms in total. The molecule has 3 aliphatic rings. The number of hydrogen-bond donors (Lipinski definition) is 1. The zero-order valence-electron chi connectivity index (χ0n) is 23.4. The number of piperazine rings is 1. The molecule has 2 aromatic heterocycles. The van der Waals surface area contributed by atoms with E-state index < -0.39 is 0 Å². The lowest BCUT2D eigenvalue weighted by molar-refractivity contribution is -0.00210. The molecular weight excluding hydrogens is 492 g/mol. The summed E-state index contributed by atoms with van der Waals surface area (Å²) in [6, 6.07) is 6.73. The molecule has 0 radical (unpaired) electrons. The number of hydrogen-bond acceptors (Lipinski definition) is 8. The molecule has 3 aliphatic heterocycles. The molecule has 0 saturated carbocycles. The van der Waals surface area contributed by atoms with Gasteiger partial charge in [0, 0.05) is 89.6 Å². The highest BCUT2D eigenvalue weighted by Gasteiger charge is 2.35. The van der Waals surface area contributed by atoms with Crippen LogP contribution >= 0.6 is 0 Å². The molecular formula is C30H40N6O3. The maximum absolute atomic E-state index is 12.7. The molecule has 208 valence electrons. The molecule has 0 bridgehead atoms. The minimum atomic E-state index is -0.0581. The quantitative estimate of drug-likeness (QED) is 0.473. The standard InChI is InChI=1S/C30H40N6O3/c1-33-19-26(24-5-7-32-15-25(24)30(33)37)22-12-28(38-2)27(29(13-22)39-3)20-34-8-10-36(11-9-34)23-17-35(18-23)16-21-4-6-31-14-21/h5,7,12-13,15,19,21,23,31H,4,6,8-11,14,16-18,20H2,1-3H3. The van der Waals surface area contributed by atoms with Gasteiger partial charge in [-0.25, -0.2) is 0 Å². The molecule has 9 heteroatoms. The van der Waals surface area contributed by atoms with Crippen molar-refractivity contribution in [2.75, 3.05) is 73.1 Å². The van der Waals surface area contributed by atoms with Gasteiger partial charge in [0.25, 0.3) is 5.56 Å². The fourth-order valence-corrected chi connectivity index (χ4v) is 6.51. The van der Waals surface area contributed by atoms with Gasteiger partial charge in [-0.1, -0.05) is 0 Å². The normalized spacial score (nSPS) is 21.4. The first-order chi connectivity index (χ1) is 19.0. The molecule has 1 atom stereocenters. The van der Waals surface area contributed by atoms with Crippen molar-refractivity contribution < 1.29 is 9.47 Å². The monoisotopic (exact) mass is 532 g/mol. The van der Waals surface area contributed by atoms with Gasteiger partial charge in [0.1, 0.15) is 11.5 Å². The number of nitrogens with zero attached hydrogens (tertiary/aromatic N) is 5. The van der Waals surface area contributed by atoms with Crippen molar-refractivity contribution in [1.82, 2.24) is 29.6 Å². The van der Waals surface area contributed by atoms with Crippen LogP contribution < -0.4 is 20.3 Å². The second-order valence-electron chi connectivity index (χ2n) is 11.3. The lowest BCUT2D eigenvalue weighted by atomic mass is 9.98. The van der Waals surface area contributed by atoms with Crippen LogP contribution in [0, 0.1) is 5.92 Å². The Labute approximate surface area is 230 Å². The number of aryl methyl sites for hydroxylation is 1. The number of fused-ring (bicyclic) bond motifs is 1. The number of pyridine rings is 2. The van der Waals surface area contributed by atoms with Gasteiger partial charge < -0.3 is 19.4 Å². The van der Waals surface area contributed by atoms with Crippen LogP contribution in [-0.2, 0) is 13.6 Å². The molecule has 0 amide bonds. The van der Waals surface area contributed by atoms with Crippen LogP contribution in [0.3, 0.4) is 0 Å². The zero-order chi connectivity index (χ0) is 26.9. The van der Waals surface area contributed by atoms with Crippen LogP contribution in [-0.4, -0.2) is 103 Å². The van der Waals surface area contributed by atoms with E-state index in [2.05, 4.69) is 37.1 Å². The van der Waals surface area contributed by atoms with Crippen molar-refractivity contribution in [1.29, 1.82) is 0 Å². The van der Waals surface area contributed by atoms with Gasteiger partial charge in [-0.3, -0.25) is 24.5 Å². The summed E-state index contributed by atoms with van der Waals surface area (Å²) in [5, 5.41) is 4.96. The summed E-state index contributed by atoms with van der Waals surface area (Å²) in [7, 11) is 5.20. The number of aromatic nitrogens is 2. The molecule has 6 rings (SSSR count). The van der Waals surface area contributed by atoms with E-state index in [1.807, 2.05) is 12.3 Å². The van der Waals surface area contributed by atoms with Crippen LogP contribution in [0.15, 0.2) is 41.6 Å². The minimum Gasteiger partial charge on any atom is -0.496 e. The Kier molecular flexibility index (Phi) is 7.57. The van der Waals surface area contributed by atoms with Crippen molar-refractivity contribution in [2.45, 2.75) is 19.0 Å². The van der Waals surface area contributed by atoms with Crippen molar-refractivity contribution >= 4 is 10.8 Å². The number of methoxy groups -OCH3 is 2. The lowest BCUT2D eigenvalue weighted by Gasteiger charge is -2.49. The third-order valence-electron chi connectivity index (χ3n) is 8.83. The summed E-state index contributed by atoms with van der Waals surface area (Å²) in [4.78, 5) is 24.7. The number of ether oxygens (including phenoxy) is 2. The van der Waals surface area contributed by atoms with E-state index >= 15 is 0 Å². The highest BCUT2D eigenvalue weighted by molar-refractivity contribution is 5.95. The van der Waals surface area contributed by atoms with Crippen LogP contribution in [0.2, 0.25) is 0 Å². The van der Waals surface area contributed by atoms with Gasteiger partial charge in [0.05, 0.1) is 25.2 Å². The van der Waals surface area contributed by atoms with E-state index in [0.717, 1.165) is 72.2 Å². The van der Waals surface area contributed by atoms with E-state index in [-0.39, 0.29) is 5.56 Å². The molecule has 3 fully saturated rings. The Morgan fingerprint density at radius 1 is 1.03 bits per heavy atom. The summed E-state index contributed by atoms with van der Waals surface area (Å²) in [5.41, 5.74) is 2.90. The predicted octanol–water partition coefficient (Wildman–Crippen LogP) is 2.03. The van der Waals surface area contributed by atoms with Crippen molar-refractivity contribution in [3.63, 3.8) is 0 Å². The summed E-state index contributed by atoms with van der Waals surface area (Å²) in [6.07, 6.45) is 6.57. The second-order valence-corrected chi connectivity index (χ2v) is 11.3. The summed E-state index contributed by atoms with van der Waals surface area (Å²) >= 11 is 0. The van der Waals surface area contributed by atoms with Crippen LogP contribution in [0.5, 0.6) is 11.5 Å². The van der Waals surface area contributed by atoms with Gasteiger partial charge in [-0.2, -0.15) is 0 Å². The van der Waals surface area contributed by atoms with Crippen molar-refractivity contribution in [3.8, 4) is 22.6 Å². The average Bonchev–Trinajstić information content (AvgIpc) is 3.46. The minimum absolute atomic E-state index is 0.0581. The first-order valence-corrected chi connectivity index (χ1v) is 14.1. The fourth-order valence-electron chi connectivity index (χ4n) is 6.51. The lowest BCUT2D eigenvalue weighted by Crippen LogP contribution is -2.63. The van der Waals surface area contributed by atoms with E-state index in [4.69, 9.17) is 9.47 Å². The third-order valence-corrected chi connectivity index (χ3v) is 8.83. The van der Waals surface area contributed by atoms with Crippen molar-refractivity contribution in [3.05, 3.63) is 52.7 Å². The molecule has 39 heavy (non-hydrogen) atoms. The van der Waals surface area contributed by atoms with Gasteiger partial charge in [0.2, 0.25) is 0 Å². The Morgan fingerprint density at radius 3 is 2.44 bits per heavy atom. The third kappa shape index (κ3) is 5.28. The maximum atomic E-state index is 12.7. The van der Waals surface area contributed by atoms with Crippen LogP contribution in [0.25, 0.3) is 21.9 Å². The smallest absolute Gasteiger partial charge is 0.259 e. The molecule has 3 saturated heterocycles. The van der Waals surface area contributed by atoms with E-state index in [1.54, 1.807) is 38.2 Å². The van der Waals surface area contributed by atoms with Crippen molar-refractivity contribution in [2.24, 2.45) is 13.0 Å². The Balaban J connectivity index is 1.14. The van der Waals surface area contributed by atoms with E-state index in [0.29, 0.717) is 11.4 Å². The predicted molar refractivity (Wildman–Crippen MR) is 154 cm³/mol. The van der Waals surface area contributed by atoms with Gasteiger partial charge in [-0.15, -0.1) is 0 Å². The Morgan fingerprint density at radius 2 is 1.77 bits per heavy atom. The Hall–Kier alpha value is -2.98. The van der Waals surface area contributed by atoms with Gasteiger partial charge in [0.15, 0.2) is 0 Å². The molecule has 0 spiro atoms. The first-order valence-electron chi connectivity index (χ1n) is 14.1. The van der Waals surface area contributed by atoms with Crippen LogP contribution in [0.4, 0.5) is 0 Å². The highest BCUT2D eigenvalue weighted by atomic mass is 16.5. The topological polar surface area (TPSA) is 75.1 Å². The van der Waals surface area contributed by atoms with Gasteiger partial charge in [-0.05, 0) is 54.6 Å². The first kappa shape index (κ1) is 26.3. The molecule has 3 aromatic rings. The maximum Gasteiger partial charge on any atom is 0.259 e. The molecule has 0 aliphatic carbocycles. The molecule has 1 N–H and O–H groups in total. The average molecular weight is 533 g/mol. The van der Waals surface area contributed by atoms with E-state index in [9.17, 15) is 4.79 Å². The molecule has 5 heterocycles. The largest absolute Gasteiger partial charge is 0.496 e. The summed E-state index contributed by atoms with van der Waals surface area (Å²) < 4.78 is 13.4. The molecule has 1 aromatic carbocycles. The molecule has 1 unspecified atom stereocenters. The van der Waals surface area contributed by atoms with Crippen LogP contribution in [0.1, 0.15) is 12.0 Å². The highest BCUT2D eigenvalue weighted by Crippen LogP contribution is 2.38. The summed E-state index contributed by atoms with van der Waals surface area (Å²) in [5.74, 6) is 2.45. The van der Waals surface area contributed by atoms with E-state index in [1.165, 1.54) is 39.1 Å². The van der Waals surface area contributed by atoms with Gasteiger partial charge >= 0.3 is 0 Å². The Bertz CT molecular complexity index is 1350. The summed E-state index contributed by atoms with van der Waals surface area (Å²) in [6.45, 7) is 11.1. The number of likely N-dealkylation sites (tertiary alicyclic amines) is 1. The number of benzene rings is 1. The SMILES string of the molecule is COc1cc(-c2cn(C)c(=O)c3cnccc23)cc(OC)c1CN1CCN(C2CN(CC3CCNC3)C2)CC1. The second kappa shape index (κ2) is 11.3. The fraction of sp³-hybridized carbons (Fsp3) is 0.533.